The zero-order chi connectivity index (χ0) is 6.81. The second kappa shape index (κ2) is 2.30. The highest BCUT2D eigenvalue weighted by Crippen LogP contribution is 2.10. The maximum absolute atomic E-state index is 4.70. The fraction of sp³-hybridized carbons (Fsp3) is 0.500. The lowest BCUT2D eigenvalue weighted by molar-refractivity contribution is 0.418. The maximum Gasteiger partial charge on any atom is 0.186 e. The molecule has 0 unspecified atom stereocenters. The molecule has 1 N–H and O–H groups in total. The van der Waals surface area contributed by atoms with Crippen molar-refractivity contribution in [2.45, 2.75) is 6.42 Å². The van der Waals surface area contributed by atoms with Crippen LogP contribution in [-0.4, -0.2) is 18.2 Å². The van der Waals surface area contributed by atoms with E-state index < -0.39 is 0 Å². The minimum atomic E-state index is 0.873. The highest BCUT2D eigenvalue weighted by Gasteiger charge is 2.12. The highest BCUT2D eigenvalue weighted by atomic mass is 16.5. The molecular formula is C6H9N3O. The molecule has 0 atom stereocenters. The van der Waals surface area contributed by atoms with Crippen LogP contribution in [0.1, 0.15) is 6.42 Å². The molecule has 2 heterocycles. The molecule has 1 aromatic heterocycles. The second-order valence-corrected chi connectivity index (χ2v) is 2.27. The van der Waals surface area contributed by atoms with Crippen LogP contribution in [0, 0.1) is 0 Å². The number of aromatic nitrogens is 1. The van der Waals surface area contributed by atoms with Gasteiger partial charge in [0.25, 0.3) is 0 Å². The Morgan fingerprint density at radius 1 is 1.70 bits per heavy atom. The predicted molar refractivity (Wildman–Crippen MR) is 36.5 cm³/mol. The number of rotatable bonds is 1. The topological polar surface area (TPSA) is 41.3 Å². The Bertz CT molecular complexity index is 191. The number of hydrogen-bond donors (Lipinski definition) is 1. The normalized spacial score (nSPS) is 18.2. The standard InChI is InChI=1S/C6H9N3O/c1-3-7-9(4-1)6-2-5-10-8-6/h2,5,7H,1,3-4H2. The van der Waals surface area contributed by atoms with E-state index in [0.29, 0.717) is 0 Å². The molecule has 4 heteroatoms. The van der Waals surface area contributed by atoms with Crippen molar-refractivity contribution in [2.24, 2.45) is 0 Å². The summed E-state index contributed by atoms with van der Waals surface area (Å²) in [6.45, 7) is 2.05. The van der Waals surface area contributed by atoms with E-state index in [1.54, 1.807) is 6.26 Å². The van der Waals surface area contributed by atoms with Crippen LogP contribution < -0.4 is 10.4 Å². The van der Waals surface area contributed by atoms with E-state index >= 15 is 0 Å². The van der Waals surface area contributed by atoms with Crippen molar-refractivity contribution in [3.8, 4) is 0 Å². The summed E-state index contributed by atoms with van der Waals surface area (Å²) in [4.78, 5) is 0. The van der Waals surface area contributed by atoms with Gasteiger partial charge in [-0.2, -0.15) is 0 Å². The molecule has 1 fully saturated rings. The van der Waals surface area contributed by atoms with Crippen molar-refractivity contribution in [3.63, 3.8) is 0 Å². The van der Waals surface area contributed by atoms with Crippen LogP contribution in [0.2, 0.25) is 0 Å². The van der Waals surface area contributed by atoms with Crippen LogP contribution in [0.4, 0.5) is 5.82 Å². The second-order valence-electron chi connectivity index (χ2n) is 2.27. The average Bonchev–Trinajstić information content (AvgIpc) is 2.59. The predicted octanol–water partition coefficient (Wildman–Crippen LogP) is 0.389. The highest BCUT2D eigenvalue weighted by molar-refractivity contribution is 5.34. The monoisotopic (exact) mass is 139 g/mol. The van der Waals surface area contributed by atoms with Gasteiger partial charge < -0.3 is 4.52 Å². The summed E-state index contributed by atoms with van der Waals surface area (Å²) < 4.78 is 4.70. The number of nitrogens with zero attached hydrogens (tertiary/aromatic N) is 2. The van der Waals surface area contributed by atoms with Gasteiger partial charge in [-0.05, 0) is 6.42 Å². The maximum atomic E-state index is 4.70. The first kappa shape index (κ1) is 5.73. The zero-order valence-electron chi connectivity index (χ0n) is 5.58. The Balaban J connectivity index is 2.12. The third-order valence-corrected chi connectivity index (χ3v) is 1.56. The zero-order valence-corrected chi connectivity index (χ0v) is 5.58. The molecule has 0 saturated carbocycles. The summed E-state index contributed by atoms with van der Waals surface area (Å²) in [5, 5.41) is 5.78. The summed E-state index contributed by atoms with van der Waals surface area (Å²) in [5.74, 6) is 0.873. The van der Waals surface area contributed by atoms with Crippen molar-refractivity contribution in [1.82, 2.24) is 10.6 Å². The van der Waals surface area contributed by atoms with Gasteiger partial charge >= 0.3 is 0 Å². The molecule has 2 rings (SSSR count). The number of hydrazine groups is 1. The average molecular weight is 139 g/mol. The minimum absolute atomic E-state index is 0.873. The van der Waals surface area contributed by atoms with Gasteiger partial charge in [-0.1, -0.05) is 5.16 Å². The van der Waals surface area contributed by atoms with Crippen molar-refractivity contribution in [2.75, 3.05) is 18.1 Å². The number of anilines is 1. The molecule has 1 aliphatic rings. The molecule has 0 amide bonds. The Morgan fingerprint density at radius 2 is 2.70 bits per heavy atom. The van der Waals surface area contributed by atoms with E-state index in [9.17, 15) is 0 Å². The van der Waals surface area contributed by atoms with E-state index in [-0.39, 0.29) is 0 Å². The van der Waals surface area contributed by atoms with Gasteiger partial charge in [-0.25, -0.2) is 5.43 Å². The quantitative estimate of drug-likeness (QED) is 0.611. The van der Waals surface area contributed by atoms with Crippen LogP contribution in [-0.2, 0) is 0 Å². The van der Waals surface area contributed by atoms with Crippen LogP contribution in [0.5, 0.6) is 0 Å². The Hall–Kier alpha value is -1.03. The van der Waals surface area contributed by atoms with Crippen LogP contribution >= 0.6 is 0 Å². The Morgan fingerprint density at radius 3 is 3.30 bits per heavy atom. The Kier molecular flexibility index (Phi) is 1.32. The first-order chi connectivity index (χ1) is 4.97. The third kappa shape index (κ3) is 0.863. The van der Waals surface area contributed by atoms with E-state index in [1.165, 1.54) is 6.42 Å². The molecule has 0 aliphatic carbocycles. The molecule has 0 bridgehead atoms. The van der Waals surface area contributed by atoms with Crippen molar-refractivity contribution < 1.29 is 4.52 Å². The van der Waals surface area contributed by atoms with Gasteiger partial charge in [0.15, 0.2) is 5.82 Å². The van der Waals surface area contributed by atoms with Crippen molar-refractivity contribution >= 4 is 5.82 Å². The first-order valence-corrected chi connectivity index (χ1v) is 3.38. The molecular weight excluding hydrogens is 130 g/mol. The van der Waals surface area contributed by atoms with Gasteiger partial charge in [0.05, 0.1) is 0 Å². The lowest BCUT2D eigenvalue weighted by atomic mass is 10.5. The van der Waals surface area contributed by atoms with Crippen molar-refractivity contribution in [1.29, 1.82) is 0 Å². The van der Waals surface area contributed by atoms with Crippen LogP contribution in [0.25, 0.3) is 0 Å². The lowest BCUT2D eigenvalue weighted by Gasteiger charge is -2.11. The molecule has 0 aromatic carbocycles. The molecule has 54 valence electrons. The van der Waals surface area contributed by atoms with Crippen molar-refractivity contribution in [3.05, 3.63) is 12.3 Å². The molecule has 1 saturated heterocycles. The van der Waals surface area contributed by atoms with Gasteiger partial charge in [-0.15, -0.1) is 0 Å². The smallest absolute Gasteiger partial charge is 0.186 e. The van der Waals surface area contributed by atoms with E-state index in [2.05, 4.69) is 10.6 Å². The van der Waals surface area contributed by atoms with Crippen LogP contribution in [0.3, 0.4) is 0 Å². The largest absolute Gasteiger partial charge is 0.363 e. The molecule has 1 aromatic rings. The van der Waals surface area contributed by atoms with E-state index in [1.807, 2.05) is 11.1 Å². The summed E-state index contributed by atoms with van der Waals surface area (Å²) in [6, 6.07) is 1.85. The molecule has 0 spiro atoms. The number of nitrogens with one attached hydrogen (secondary N) is 1. The van der Waals surface area contributed by atoms with E-state index in [4.69, 9.17) is 4.52 Å². The number of hydrogen-bond acceptors (Lipinski definition) is 4. The van der Waals surface area contributed by atoms with Gasteiger partial charge in [0, 0.05) is 19.2 Å². The van der Waals surface area contributed by atoms with Gasteiger partial charge in [0.1, 0.15) is 6.26 Å². The fourth-order valence-electron chi connectivity index (χ4n) is 1.07. The molecule has 4 nitrogen and oxygen atoms in total. The molecule has 0 radical (unpaired) electrons. The lowest BCUT2D eigenvalue weighted by Crippen LogP contribution is -2.30. The first-order valence-electron chi connectivity index (χ1n) is 3.38. The third-order valence-electron chi connectivity index (χ3n) is 1.56. The summed E-state index contributed by atoms with van der Waals surface area (Å²) in [7, 11) is 0. The minimum Gasteiger partial charge on any atom is -0.363 e. The van der Waals surface area contributed by atoms with Gasteiger partial charge in [0.2, 0.25) is 0 Å². The fourth-order valence-corrected chi connectivity index (χ4v) is 1.07. The SMILES string of the molecule is c1cc(N2CCCN2)no1. The summed E-state index contributed by atoms with van der Waals surface area (Å²) >= 11 is 0. The van der Waals surface area contributed by atoms with Gasteiger partial charge in [-0.3, -0.25) is 5.01 Å². The molecule has 10 heavy (non-hydrogen) atoms. The molecule has 1 aliphatic heterocycles. The van der Waals surface area contributed by atoms with Crippen LogP contribution in [0.15, 0.2) is 16.9 Å². The van der Waals surface area contributed by atoms with E-state index in [0.717, 1.165) is 18.9 Å². The Labute approximate surface area is 58.8 Å². The summed E-state index contributed by atoms with van der Waals surface area (Å²) in [6.07, 6.45) is 2.75. The summed E-state index contributed by atoms with van der Waals surface area (Å²) in [5.41, 5.74) is 3.17.